The van der Waals surface area contributed by atoms with Crippen molar-refractivity contribution in [3.05, 3.63) is 48.7 Å². The molecule has 1 aliphatic heterocycles. The zero-order valence-corrected chi connectivity index (χ0v) is 20.0. The normalized spacial score (nSPS) is 20.7. The summed E-state index contributed by atoms with van der Waals surface area (Å²) in [5.41, 5.74) is 3.84. The zero-order valence-electron chi connectivity index (χ0n) is 20.0. The molecule has 1 saturated heterocycles. The van der Waals surface area contributed by atoms with Crippen molar-refractivity contribution in [2.75, 3.05) is 18.4 Å². The van der Waals surface area contributed by atoms with E-state index >= 15 is 0 Å². The highest BCUT2D eigenvalue weighted by atomic mass is 19.4. The molecule has 0 unspecified atom stereocenters. The van der Waals surface area contributed by atoms with E-state index in [1.807, 2.05) is 39.9 Å². The summed E-state index contributed by atoms with van der Waals surface area (Å²) in [6.45, 7) is 1.54. The lowest BCUT2D eigenvalue weighted by Crippen LogP contribution is -2.33. The third-order valence-electron chi connectivity index (χ3n) is 7.15. The molecule has 4 aromatic rings. The van der Waals surface area contributed by atoms with E-state index in [0.29, 0.717) is 43.0 Å². The van der Waals surface area contributed by atoms with Crippen molar-refractivity contribution < 1.29 is 22.7 Å². The zero-order chi connectivity index (χ0) is 25.6. The number of amides is 1. The van der Waals surface area contributed by atoms with Gasteiger partial charge in [-0.3, -0.25) is 13.9 Å². The number of halogens is 3. The number of pyridine rings is 1. The Labute approximate surface area is 210 Å². The van der Waals surface area contributed by atoms with E-state index < -0.39 is 12.5 Å². The maximum atomic E-state index is 13.0. The van der Waals surface area contributed by atoms with Gasteiger partial charge in [0.25, 0.3) is 5.91 Å². The topological polar surface area (TPSA) is 89.1 Å². The summed E-state index contributed by atoms with van der Waals surface area (Å²) in [6, 6.07) is 5.76. The van der Waals surface area contributed by atoms with E-state index in [1.54, 1.807) is 16.9 Å². The van der Waals surface area contributed by atoms with Gasteiger partial charge in [0.2, 0.25) is 5.95 Å². The van der Waals surface area contributed by atoms with E-state index in [0.717, 1.165) is 42.6 Å². The van der Waals surface area contributed by atoms with Gasteiger partial charge < -0.3 is 10.2 Å². The van der Waals surface area contributed by atoms with Gasteiger partial charge in [-0.15, -0.1) is 18.3 Å². The minimum Gasteiger partial charge on any atom is -0.350 e. The number of aromatic nitrogens is 5. The van der Waals surface area contributed by atoms with E-state index in [-0.39, 0.29) is 11.9 Å². The third-order valence-corrected chi connectivity index (χ3v) is 7.15. The summed E-state index contributed by atoms with van der Waals surface area (Å²) in [5, 5.41) is 7.79. The number of alkyl halides is 3. The molecular weight excluding hydrogens is 487 g/mol. The van der Waals surface area contributed by atoms with Gasteiger partial charge in [-0.05, 0) is 56.7 Å². The molecule has 6 rings (SSSR count). The molecule has 1 N–H and O–H groups in total. The van der Waals surface area contributed by atoms with E-state index in [1.165, 1.54) is 0 Å². The summed E-state index contributed by atoms with van der Waals surface area (Å²) in [7, 11) is 0. The first kappa shape index (κ1) is 23.7. The number of nitrogens with zero attached hydrogens (tertiary/aromatic N) is 6. The second kappa shape index (κ2) is 9.33. The first-order chi connectivity index (χ1) is 17.8. The fourth-order valence-corrected chi connectivity index (χ4v) is 5.29. The molecule has 0 spiro atoms. The summed E-state index contributed by atoms with van der Waals surface area (Å²) in [6.07, 6.45) is 5.48. The van der Waals surface area contributed by atoms with Crippen LogP contribution in [0.1, 0.15) is 49.0 Å². The fourth-order valence-electron chi connectivity index (χ4n) is 5.29. The lowest BCUT2D eigenvalue weighted by atomic mass is 9.93. The molecule has 1 saturated carbocycles. The predicted molar refractivity (Wildman–Crippen MR) is 129 cm³/mol. The van der Waals surface area contributed by atoms with Crippen LogP contribution in [0.2, 0.25) is 0 Å². The lowest BCUT2D eigenvalue weighted by Gasteiger charge is -2.29. The average molecular weight is 514 g/mol. The Kier molecular flexibility index (Phi) is 5.98. The van der Waals surface area contributed by atoms with Gasteiger partial charge in [-0.25, -0.2) is 14.5 Å². The molecule has 0 aromatic carbocycles. The maximum absolute atomic E-state index is 13.0. The molecule has 5 heterocycles. The summed E-state index contributed by atoms with van der Waals surface area (Å²) >= 11 is 0. The van der Waals surface area contributed by atoms with Crippen LogP contribution in [0.25, 0.3) is 22.3 Å². The monoisotopic (exact) mass is 513 g/mol. The number of hydrogen-bond acceptors (Lipinski definition) is 6. The van der Waals surface area contributed by atoms with Crippen molar-refractivity contribution >= 4 is 23.0 Å². The highest BCUT2D eigenvalue weighted by molar-refractivity contribution is 5.93. The largest absolute Gasteiger partial charge is 0.522 e. The molecule has 2 aliphatic rings. The van der Waals surface area contributed by atoms with Crippen LogP contribution in [0.4, 0.5) is 19.1 Å². The van der Waals surface area contributed by atoms with Crippen molar-refractivity contribution in [3.8, 4) is 11.1 Å². The second-order valence-corrected chi connectivity index (χ2v) is 9.61. The highest BCUT2D eigenvalue weighted by Crippen LogP contribution is 2.30. The molecular formula is C25H26F3N7O2. The van der Waals surface area contributed by atoms with E-state index in [4.69, 9.17) is 0 Å². The number of fused-ring (bicyclic) bond motifs is 2. The van der Waals surface area contributed by atoms with Gasteiger partial charge in [0, 0.05) is 42.7 Å². The van der Waals surface area contributed by atoms with Crippen molar-refractivity contribution in [1.29, 1.82) is 0 Å². The molecule has 0 atom stereocenters. The Morgan fingerprint density at radius 1 is 1.03 bits per heavy atom. The van der Waals surface area contributed by atoms with E-state index in [2.05, 4.69) is 25.1 Å². The maximum Gasteiger partial charge on any atom is 0.522 e. The van der Waals surface area contributed by atoms with Crippen LogP contribution in [0.15, 0.2) is 43.0 Å². The van der Waals surface area contributed by atoms with Gasteiger partial charge in [0.15, 0.2) is 0 Å². The highest BCUT2D eigenvalue weighted by Gasteiger charge is 2.35. The fraction of sp³-hybridized carbons (Fsp3) is 0.440. The van der Waals surface area contributed by atoms with Gasteiger partial charge in [-0.1, -0.05) is 0 Å². The Bertz CT molecular complexity index is 1430. The third kappa shape index (κ3) is 4.85. The van der Waals surface area contributed by atoms with Crippen LogP contribution in [0, 0.1) is 0 Å². The van der Waals surface area contributed by atoms with Crippen LogP contribution in [0.5, 0.6) is 0 Å². The summed E-state index contributed by atoms with van der Waals surface area (Å²) in [4.78, 5) is 23.7. The molecule has 194 valence electrons. The number of anilines is 1. The molecule has 1 aliphatic carbocycles. The first-order valence-corrected chi connectivity index (χ1v) is 12.5. The van der Waals surface area contributed by atoms with Crippen molar-refractivity contribution in [2.45, 2.75) is 57.0 Å². The van der Waals surface area contributed by atoms with Crippen LogP contribution in [-0.2, 0) is 4.74 Å². The van der Waals surface area contributed by atoms with Gasteiger partial charge in [-0.2, -0.15) is 0 Å². The second-order valence-electron chi connectivity index (χ2n) is 9.61. The molecule has 0 bridgehead atoms. The number of likely N-dealkylation sites (tertiary alicyclic amines) is 1. The van der Waals surface area contributed by atoms with Crippen molar-refractivity contribution in [3.63, 3.8) is 0 Å². The van der Waals surface area contributed by atoms with Crippen molar-refractivity contribution in [2.24, 2.45) is 0 Å². The van der Waals surface area contributed by atoms with Crippen molar-refractivity contribution in [1.82, 2.24) is 28.9 Å². The smallest absolute Gasteiger partial charge is 0.350 e. The summed E-state index contributed by atoms with van der Waals surface area (Å²) < 4.78 is 45.1. The van der Waals surface area contributed by atoms with Gasteiger partial charge >= 0.3 is 6.36 Å². The Balaban J connectivity index is 1.19. The molecule has 37 heavy (non-hydrogen) atoms. The molecule has 0 radical (unpaired) electrons. The Morgan fingerprint density at radius 3 is 2.57 bits per heavy atom. The average Bonchev–Trinajstić information content (AvgIpc) is 3.63. The standard InChI is InChI=1S/C25H26F3N7O2/c26-25(27,28)37-18-6-4-17(5-7-18)31-24-30-13-20-19(9-12-35(20)32-24)16-3-8-22-29-14-21(34(22)15-16)23(36)33-10-1-2-11-33/h3,8-9,12-15,17-18H,1-2,4-7,10-11H2,(H,31,32). The predicted octanol–water partition coefficient (Wildman–Crippen LogP) is 4.54. The Hall–Kier alpha value is -3.67. The molecule has 1 amide bonds. The minimum atomic E-state index is -4.60. The SMILES string of the molecule is O=C(c1cnc2ccc(-c3ccn4nc(NC5CCC(OC(F)(F)F)CC5)ncc34)cn12)N1CCCC1. The van der Waals surface area contributed by atoms with Gasteiger partial charge in [0.05, 0.1) is 24.0 Å². The number of carbonyl (C=O) groups excluding carboxylic acids is 1. The molecule has 9 nitrogen and oxygen atoms in total. The Morgan fingerprint density at radius 2 is 1.81 bits per heavy atom. The molecule has 2 fully saturated rings. The number of carbonyl (C=O) groups is 1. The van der Waals surface area contributed by atoms with Crippen LogP contribution in [-0.4, -0.2) is 66.4 Å². The lowest BCUT2D eigenvalue weighted by molar-refractivity contribution is -0.345. The van der Waals surface area contributed by atoms with Gasteiger partial charge in [0.1, 0.15) is 11.3 Å². The quantitative estimate of drug-likeness (QED) is 0.422. The van der Waals surface area contributed by atoms with Crippen LogP contribution < -0.4 is 5.32 Å². The molecule has 4 aromatic heterocycles. The number of nitrogens with one attached hydrogen (secondary N) is 1. The number of ether oxygens (including phenoxy) is 1. The van der Waals surface area contributed by atoms with Crippen LogP contribution >= 0.6 is 0 Å². The number of hydrogen-bond donors (Lipinski definition) is 1. The minimum absolute atomic E-state index is 0.0121. The van der Waals surface area contributed by atoms with Crippen LogP contribution in [0.3, 0.4) is 0 Å². The number of imidazole rings is 1. The van der Waals surface area contributed by atoms with E-state index in [9.17, 15) is 18.0 Å². The number of rotatable bonds is 5. The summed E-state index contributed by atoms with van der Waals surface area (Å²) in [5.74, 6) is 0.403. The first-order valence-electron chi connectivity index (χ1n) is 12.5. The molecule has 12 heteroatoms.